The minimum absolute atomic E-state index is 0.138. The topological polar surface area (TPSA) is 67.4 Å². The maximum Gasteiger partial charge on any atom is 0.250 e. The quantitative estimate of drug-likeness (QED) is 0.723. The summed E-state index contributed by atoms with van der Waals surface area (Å²) >= 11 is 0. The lowest BCUT2D eigenvalue weighted by Gasteiger charge is -2.51. The Morgan fingerprint density at radius 3 is 2.33 bits per heavy atom. The Labute approximate surface area is 177 Å². The number of primary amides is 1. The van der Waals surface area contributed by atoms with E-state index in [2.05, 4.69) is 49.7 Å². The van der Waals surface area contributed by atoms with E-state index in [4.69, 9.17) is 5.73 Å². The first-order valence-corrected chi connectivity index (χ1v) is 11.0. The fourth-order valence-corrected chi connectivity index (χ4v) is 5.43. The van der Waals surface area contributed by atoms with Gasteiger partial charge < -0.3 is 15.2 Å². The zero-order valence-corrected chi connectivity index (χ0v) is 17.3. The van der Waals surface area contributed by atoms with Crippen LogP contribution in [-0.4, -0.2) is 46.5 Å². The van der Waals surface area contributed by atoms with Crippen LogP contribution in [0.4, 0.5) is 5.69 Å². The zero-order chi connectivity index (χ0) is 20.6. The van der Waals surface area contributed by atoms with Crippen LogP contribution in [0.3, 0.4) is 0 Å². The number of piperazine rings is 1. The van der Waals surface area contributed by atoms with Gasteiger partial charge >= 0.3 is 0 Å². The number of hydrogen-bond donors (Lipinski definition) is 1. The molecule has 0 atom stereocenters. The summed E-state index contributed by atoms with van der Waals surface area (Å²) in [6, 6.07) is 16.3. The second-order valence-corrected chi connectivity index (χ2v) is 8.50. The summed E-state index contributed by atoms with van der Waals surface area (Å²) in [5.41, 5.74) is 9.19. The smallest absolute Gasteiger partial charge is 0.250 e. The molecule has 0 radical (unpaired) electrons. The van der Waals surface area contributed by atoms with E-state index in [1.165, 1.54) is 24.9 Å². The molecule has 3 aromatic rings. The van der Waals surface area contributed by atoms with E-state index in [0.29, 0.717) is 5.56 Å². The molecule has 1 amide bonds. The first-order valence-electron chi connectivity index (χ1n) is 11.0. The van der Waals surface area contributed by atoms with E-state index in [-0.39, 0.29) is 11.6 Å². The molecular formula is C24H29N5O. The average molecular weight is 404 g/mol. The highest BCUT2D eigenvalue weighted by molar-refractivity contribution is 6.04. The van der Waals surface area contributed by atoms with E-state index in [1.807, 2.05) is 24.5 Å². The highest BCUT2D eigenvalue weighted by Crippen LogP contribution is 2.41. The molecule has 0 unspecified atom stereocenters. The van der Waals surface area contributed by atoms with Gasteiger partial charge in [0.05, 0.1) is 28.6 Å². The van der Waals surface area contributed by atoms with Crippen molar-refractivity contribution < 1.29 is 4.79 Å². The van der Waals surface area contributed by atoms with Gasteiger partial charge in [-0.25, -0.2) is 4.98 Å². The van der Waals surface area contributed by atoms with Gasteiger partial charge in [-0.05, 0) is 49.9 Å². The van der Waals surface area contributed by atoms with Crippen LogP contribution in [0, 0.1) is 0 Å². The second kappa shape index (κ2) is 7.76. The van der Waals surface area contributed by atoms with Gasteiger partial charge in [0.15, 0.2) is 0 Å². The molecule has 2 heterocycles. The molecule has 6 heteroatoms. The van der Waals surface area contributed by atoms with Crippen LogP contribution in [-0.2, 0) is 5.66 Å². The normalized spacial score (nSPS) is 19.8. The number of imidazole rings is 1. The number of fused-ring (bicyclic) bond motifs is 1. The second-order valence-electron chi connectivity index (χ2n) is 8.50. The van der Waals surface area contributed by atoms with Crippen molar-refractivity contribution >= 4 is 22.6 Å². The number of carbonyl (C=O) groups excluding carboxylic acids is 1. The monoisotopic (exact) mass is 403 g/mol. The number of nitrogens with two attached hydrogens (primary N) is 1. The lowest BCUT2D eigenvalue weighted by molar-refractivity contribution is -0.0178. The molecule has 30 heavy (non-hydrogen) atoms. The van der Waals surface area contributed by atoms with Crippen molar-refractivity contribution in [3.8, 4) is 0 Å². The fraction of sp³-hybridized carbons (Fsp3) is 0.417. The van der Waals surface area contributed by atoms with Crippen molar-refractivity contribution in [1.29, 1.82) is 0 Å². The first kappa shape index (κ1) is 19.1. The summed E-state index contributed by atoms with van der Waals surface area (Å²) in [6.07, 6.45) is 7.75. The fourth-order valence-electron chi connectivity index (χ4n) is 5.43. The summed E-state index contributed by atoms with van der Waals surface area (Å²) in [4.78, 5) is 21.9. The van der Waals surface area contributed by atoms with Gasteiger partial charge in [-0.3, -0.25) is 9.69 Å². The number of aromatic nitrogens is 2. The molecule has 6 nitrogen and oxygen atoms in total. The number of rotatable bonds is 4. The van der Waals surface area contributed by atoms with Crippen LogP contribution >= 0.6 is 0 Å². The summed E-state index contributed by atoms with van der Waals surface area (Å²) in [6.45, 7) is 3.99. The predicted molar refractivity (Wildman–Crippen MR) is 120 cm³/mol. The number of hydrogen-bond acceptors (Lipinski definition) is 4. The standard InChI is InChI=1S/C24H29N5O/c25-23(30)20-10-7-11-21-22(20)29(18-26-21)24(12-5-2-6-13-24)28-16-14-27(15-17-28)19-8-3-1-4-9-19/h1,3-4,7-11,18H,2,5-6,12-17H2,(H2,25,30). The molecule has 2 N–H and O–H groups in total. The molecule has 1 aliphatic heterocycles. The van der Waals surface area contributed by atoms with E-state index in [0.717, 1.165) is 50.1 Å². The van der Waals surface area contributed by atoms with Gasteiger partial charge in [0, 0.05) is 31.9 Å². The van der Waals surface area contributed by atoms with Crippen molar-refractivity contribution in [2.45, 2.75) is 37.8 Å². The van der Waals surface area contributed by atoms with Crippen molar-refractivity contribution in [2.24, 2.45) is 5.73 Å². The summed E-state index contributed by atoms with van der Waals surface area (Å²) < 4.78 is 2.28. The van der Waals surface area contributed by atoms with Crippen LogP contribution in [0.2, 0.25) is 0 Å². The van der Waals surface area contributed by atoms with Crippen LogP contribution in [0.5, 0.6) is 0 Å². The molecule has 2 fully saturated rings. The Bertz CT molecular complexity index is 1030. The lowest BCUT2D eigenvalue weighted by atomic mass is 9.86. The zero-order valence-electron chi connectivity index (χ0n) is 17.3. The van der Waals surface area contributed by atoms with Crippen LogP contribution in [0.1, 0.15) is 42.5 Å². The van der Waals surface area contributed by atoms with Gasteiger partial charge in [-0.2, -0.15) is 0 Å². The molecule has 5 rings (SSSR count). The minimum atomic E-state index is -0.387. The van der Waals surface area contributed by atoms with Crippen LogP contribution in [0.25, 0.3) is 11.0 Å². The largest absolute Gasteiger partial charge is 0.369 e. The number of carbonyl (C=O) groups is 1. The van der Waals surface area contributed by atoms with Crippen molar-refractivity contribution in [1.82, 2.24) is 14.5 Å². The molecular weight excluding hydrogens is 374 g/mol. The van der Waals surface area contributed by atoms with Gasteiger partial charge in [0.25, 0.3) is 5.91 Å². The van der Waals surface area contributed by atoms with Crippen LogP contribution in [0.15, 0.2) is 54.9 Å². The molecule has 1 aliphatic carbocycles. The Morgan fingerprint density at radius 2 is 1.63 bits per heavy atom. The maximum absolute atomic E-state index is 12.2. The third kappa shape index (κ3) is 3.16. The maximum atomic E-state index is 12.2. The van der Waals surface area contributed by atoms with Crippen molar-refractivity contribution in [3.05, 3.63) is 60.4 Å². The van der Waals surface area contributed by atoms with E-state index >= 15 is 0 Å². The Hall–Kier alpha value is -2.86. The third-order valence-corrected chi connectivity index (χ3v) is 6.93. The Kier molecular flexibility index (Phi) is 4.95. The number of anilines is 1. The number of para-hydroxylation sites is 2. The SMILES string of the molecule is NC(=O)c1cccc2ncn(C3(N4CCN(c5ccccc5)CC4)CCCCC3)c12. The molecule has 2 aromatic carbocycles. The summed E-state index contributed by atoms with van der Waals surface area (Å²) in [5, 5.41) is 0. The van der Waals surface area contributed by atoms with Gasteiger partial charge in [0.2, 0.25) is 0 Å². The molecule has 156 valence electrons. The van der Waals surface area contributed by atoms with E-state index in [9.17, 15) is 4.79 Å². The highest BCUT2D eigenvalue weighted by Gasteiger charge is 2.42. The lowest BCUT2D eigenvalue weighted by Crippen LogP contribution is -2.58. The van der Waals surface area contributed by atoms with Crippen LogP contribution < -0.4 is 10.6 Å². The Morgan fingerprint density at radius 1 is 0.900 bits per heavy atom. The molecule has 0 spiro atoms. The van der Waals surface area contributed by atoms with Crippen molar-refractivity contribution in [2.75, 3.05) is 31.1 Å². The van der Waals surface area contributed by atoms with E-state index < -0.39 is 0 Å². The van der Waals surface area contributed by atoms with Gasteiger partial charge in [0.1, 0.15) is 0 Å². The molecule has 1 saturated carbocycles. The number of nitrogens with zero attached hydrogens (tertiary/aromatic N) is 4. The average Bonchev–Trinajstić information content (AvgIpc) is 3.25. The molecule has 1 aromatic heterocycles. The van der Waals surface area contributed by atoms with Gasteiger partial charge in [-0.1, -0.05) is 30.7 Å². The van der Waals surface area contributed by atoms with Gasteiger partial charge in [-0.15, -0.1) is 0 Å². The summed E-state index contributed by atoms with van der Waals surface area (Å²) in [5.74, 6) is -0.387. The summed E-state index contributed by atoms with van der Waals surface area (Å²) in [7, 11) is 0. The molecule has 2 aliphatic rings. The highest BCUT2D eigenvalue weighted by atomic mass is 16.1. The molecule has 0 bridgehead atoms. The Balaban J connectivity index is 1.51. The number of amides is 1. The predicted octanol–water partition coefficient (Wildman–Crippen LogP) is 3.57. The van der Waals surface area contributed by atoms with Crippen molar-refractivity contribution in [3.63, 3.8) is 0 Å². The minimum Gasteiger partial charge on any atom is -0.369 e. The third-order valence-electron chi connectivity index (χ3n) is 6.93. The van der Waals surface area contributed by atoms with E-state index in [1.54, 1.807) is 0 Å². The number of benzene rings is 2. The first-order chi connectivity index (χ1) is 14.7. The molecule has 1 saturated heterocycles.